The summed E-state index contributed by atoms with van der Waals surface area (Å²) in [4.78, 5) is 13.4. The van der Waals surface area contributed by atoms with Crippen LogP contribution in [-0.2, 0) is 19.5 Å². The Labute approximate surface area is 120 Å². The van der Waals surface area contributed by atoms with Gasteiger partial charge in [-0.25, -0.2) is 13.2 Å². The number of hydrogen-bond acceptors (Lipinski definition) is 5. The molecule has 7 nitrogen and oxygen atoms in total. The summed E-state index contributed by atoms with van der Waals surface area (Å²) in [5.74, 6) is -0.0318. The lowest BCUT2D eigenvalue weighted by Gasteiger charge is -2.34. The lowest BCUT2D eigenvalue weighted by Crippen LogP contribution is -2.52. The molecule has 1 saturated heterocycles. The number of rotatable bonds is 4. The van der Waals surface area contributed by atoms with E-state index in [1.165, 1.54) is 16.3 Å². The van der Waals surface area contributed by atoms with E-state index >= 15 is 0 Å². The molecule has 0 aromatic carbocycles. The number of piperazine rings is 1. The summed E-state index contributed by atoms with van der Waals surface area (Å²) >= 11 is 0. The van der Waals surface area contributed by atoms with Gasteiger partial charge in [-0.05, 0) is 20.8 Å². The van der Waals surface area contributed by atoms with Gasteiger partial charge in [-0.2, -0.15) is 4.31 Å². The highest BCUT2D eigenvalue weighted by Crippen LogP contribution is 2.13. The van der Waals surface area contributed by atoms with Gasteiger partial charge in [-0.15, -0.1) is 0 Å². The maximum Gasteiger partial charge on any atom is 0.410 e. The van der Waals surface area contributed by atoms with Gasteiger partial charge < -0.3 is 14.4 Å². The molecular formula is C12H24N2O5S. The molecule has 0 aromatic rings. The van der Waals surface area contributed by atoms with E-state index in [-0.39, 0.29) is 12.4 Å². The molecule has 1 aliphatic heterocycles. The molecule has 0 bridgehead atoms. The third-order valence-corrected chi connectivity index (χ3v) is 4.66. The SMILES string of the molecule is COCCS(=O)(=O)N1CCN(C(=O)OC(C)(C)C)CC1. The van der Waals surface area contributed by atoms with Crippen molar-refractivity contribution in [1.82, 2.24) is 9.21 Å². The molecule has 8 heteroatoms. The first-order valence-corrected chi connectivity index (χ1v) is 8.21. The van der Waals surface area contributed by atoms with E-state index in [0.29, 0.717) is 26.2 Å². The van der Waals surface area contributed by atoms with Gasteiger partial charge >= 0.3 is 6.09 Å². The fourth-order valence-corrected chi connectivity index (χ4v) is 3.15. The molecule has 1 fully saturated rings. The van der Waals surface area contributed by atoms with Crippen molar-refractivity contribution in [1.29, 1.82) is 0 Å². The van der Waals surface area contributed by atoms with Crippen molar-refractivity contribution in [2.24, 2.45) is 0 Å². The Hall–Kier alpha value is -0.860. The van der Waals surface area contributed by atoms with Crippen LogP contribution in [0.4, 0.5) is 4.79 Å². The predicted molar refractivity (Wildman–Crippen MR) is 75.0 cm³/mol. The maximum atomic E-state index is 12.0. The van der Waals surface area contributed by atoms with Crippen molar-refractivity contribution < 1.29 is 22.7 Å². The highest BCUT2D eigenvalue weighted by atomic mass is 32.2. The molecule has 0 aliphatic carbocycles. The average Bonchev–Trinajstić information content (AvgIpc) is 2.34. The van der Waals surface area contributed by atoms with Crippen LogP contribution in [-0.4, -0.2) is 75.0 Å². The Morgan fingerprint density at radius 2 is 1.70 bits per heavy atom. The van der Waals surface area contributed by atoms with Gasteiger partial charge in [0, 0.05) is 33.3 Å². The highest BCUT2D eigenvalue weighted by molar-refractivity contribution is 7.89. The Balaban J connectivity index is 2.49. The smallest absolute Gasteiger partial charge is 0.410 e. The summed E-state index contributed by atoms with van der Waals surface area (Å²) in [5.41, 5.74) is -0.543. The van der Waals surface area contributed by atoms with Gasteiger partial charge in [-0.1, -0.05) is 0 Å². The number of sulfonamides is 1. The van der Waals surface area contributed by atoms with Crippen LogP contribution in [0.1, 0.15) is 20.8 Å². The monoisotopic (exact) mass is 308 g/mol. The minimum Gasteiger partial charge on any atom is -0.444 e. The van der Waals surface area contributed by atoms with Crippen LogP contribution in [0.15, 0.2) is 0 Å². The average molecular weight is 308 g/mol. The minimum atomic E-state index is -3.30. The van der Waals surface area contributed by atoms with E-state index < -0.39 is 21.7 Å². The zero-order valence-corrected chi connectivity index (χ0v) is 13.4. The van der Waals surface area contributed by atoms with E-state index in [9.17, 15) is 13.2 Å². The van der Waals surface area contributed by atoms with Crippen molar-refractivity contribution in [3.63, 3.8) is 0 Å². The second kappa shape index (κ2) is 6.73. The number of amides is 1. The summed E-state index contributed by atoms with van der Waals surface area (Å²) in [6.45, 7) is 6.87. The third-order valence-electron chi connectivity index (χ3n) is 2.83. The Morgan fingerprint density at radius 3 is 2.15 bits per heavy atom. The first-order valence-electron chi connectivity index (χ1n) is 6.60. The molecule has 0 saturated carbocycles. The van der Waals surface area contributed by atoms with Crippen LogP contribution in [0.3, 0.4) is 0 Å². The van der Waals surface area contributed by atoms with Gasteiger partial charge in [0.05, 0.1) is 12.4 Å². The Morgan fingerprint density at radius 1 is 1.15 bits per heavy atom. The van der Waals surface area contributed by atoms with E-state index in [1.807, 2.05) is 0 Å². The maximum absolute atomic E-state index is 12.0. The standard InChI is InChI=1S/C12H24N2O5S/c1-12(2,3)19-11(15)13-5-7-14(8-6-13)20(16,17)10-9-18-4/h5-10H2,1-4H3. The second-order valence-corrected chi connectivity index (χ2v) is 7.76. The van der Waals surface area contributed by atoms with E-state index in [4.69, 9.17) is 9.47 Å². The number of carbonyl (C=O) groups excluding carboxylic acids is 1. The molecule has 1 rings (SSSR count). The van der Waals surface area contributed by atoms with Gasteiger partial charge in [0.2, 0.25) is 10.0 Å². The lowest BCUT2D eigenvalue weighted by atomic mass is 10.2. The third kappa shape index (κ3) is 5.26. The van der Waals surface area contributed by atoms with Crippen molar-refractivity contribution >= 4 is 16.1 Å². The lowest BCUT2D eigenvalue weighted by molar-refractivity contribution is 0.0192. The summed E-state index contributed by atoms with van der Waals surface area (Å²) < 4.78 is 35.4. The molecule has 0 unspecified atom stereocenters. The second-order valence-electron chi connectivity index (χ2n) is 5.68. The van der Waals surface area contributed by atoms with E-state index in [2.05, 4.69) is 0 Å². The van der Waals surface area contributed by atoms with Crippen LogP contribution >= 0.6 is 0 Å². The molecule has 1 heterocycles. The number of methoxy groups -OCH3 is 1. The Kier molecular flexibility index (Phi) is 5.79. The summed E-state index contributed by atoms with van der Waals surface area (Å²) in [6, 6.07) is 0. The van der Waals surface area contributed by atoms with Crippen molar-refractivity contribution in [3.05, 3.63) is 0 Å². The van der Waals surface area contributed by atoms with Crippen molar-refractivity contribution in [2.75, 3.05) is 45.6 Å². The predicted octanol–water partition coefficient (Wildman–Crippen LogP) is 0.515. The van der Waals surface area contributed by atoms with Crippen molar-refractivity contribution in [2.45, 2.75) is 26.4 Å². The van der Waals surface area contributed by atoms with E-state index in [0.717, 1.165) is 0 Å². The van der Waals surface area contributed by atoms with Crippen LogP contribution in [0.2, 0.25) is 0 Å². The molecular weight excluding hydrogens is 284 g/mol. The molecule has 0 radical (unpaired) electrons. The number of nitrogens with zero attached hydrogens (tertiary/aromatic N) is 2. The Bertz CT molecular complexity index is 422. The molecule has 20 heavy (non-hydrogen) atoms. The zero-order valence-electron chi connectivity index (χ0n) is 12.6. The molecule has 0 spiro atoms. The zero-order chi connectivity index (χ0) is 15.4. The normalized spacial score (nSPS) is 18.1. The highest BCUT2D eigenvalue weighted by Gasteiger charge is 2.30. The van der Waals surface area contributed by atoms with Crippen LogP contribution in [0, 0.1) is 0 Å². The van der Waals surface area contributed by atoms with Crippen LogP contribution < -0.4 is 0 Å². The molecule has 1 aliphatic rings. The number of carbonyl (C=O) groups is 1. The topological polar surface area (TPSA) is 76.2 Å². The van der Waals surface area contributed by atoms with E-state index in [1.54, 1.807) is 20.8 Å². The van der Waals surface area contributed by atoms with Gasteiger partial charge in [0.1, 0.15) is 5.60 Å². The summed E-state index contributed by atoms with van der Waals surface area (Å²) in [7, 11) is -1.83. The van der Waals surface area contributed by atoms with Crippen LogP contribution in [0.5, 0.6) is 0 Å². The quantitative estimate of drug-likeness (QED) is 0.756. The number of ether oxygens (including phenoxy) is 2. The van der Waals surface area contributed by atoms with Crippen molar-refractivity contribution in [3.8, 4) is 0 Å². The van der Waals surface area contributed by atoms with Gasteiger partial charge in [-0.3, -0.25) is 0 Å². The van der Waals surface area contributed by atoms with Gasteiger partial charge in [0.15, 0.2) is 0 Å². The molecule has 0 atom stereocenters. The summed E-state index contributed by atoms with van der Waals surface area (Å²) in [5, 5.41) is 0. The number of hydrogen-bond donors (Lipinski definition) is 0. The van der Waals surface area contributed by atoms with Gasteiger partial charge in [0.25, 0.3) is 0 Å². The molecule has 1 amide bonds. The fourth-order valence-electron chi connectivity index (χ4n) is 1.79. The first kappa shape index (κ1) is 17.2. The largest absolute Gasteiger partial charge is 0.444 e. The molecule has 118 valence electrons. The molecule has 0 aromatic heterocycles. The fraction of sp³-hybridized carbons (Fsp3) is 0.917. The first-order chi connectivity index (χ1) is 9.15. The minimum absolute atomic E-state index is 0.0318. The molecule has 0 N–H and O–H groups in total. The van der Waals surface area contributed by atoms with Crippen LogP contribution in [0.25, 0.3) is 0 Å². The summed E-state index contributed by atoms with van der Waals surface area (Å²) in [6.07, 6.45) is -0.397.